The maximum Gasteiger partial charge on any atom is 0.317 e. The van der Waals surface area contributed by atoms with Gasteiger partial charge in [-0.15, -0.1) is 0 Å². The highest BCUT2D eigenvalue weighted by Crippen LogP contribution is 2.49. The van der Waals surface area contributed by atoms with Crippen LogP contribution in [-0.4, -0.2) is 74.8 Å². The molecule has 3 fully saturated rings. The number of carbonyl (C=O) groups excluding carboxylic acids is 1. The highest BCUT2D eigenvalue weighted by molar-refractivity contribution is 7.88. The molecule has 1 atom stereocenters. The maximum absolute atomic E-state index is 12.5. The van der Waals surface area contributed by atoms with Crippen molar-refractivity contribution in [2.75, 3.05) is 39.0 Å². The molecule has 8 heteroatoms. The summed E-state index contributed by atoms with van der Waals surface area (Å²) in [5.74, 6) is 0. The molecule has 1 N–H and O–H groups in total. The molecule has 2 saturated heterocycles. The highest BCUT2D eigenvalue weighted by Gasteiger charge is 2.49. The van der Waals surface area contributed by atoms with E-state index >= 15 is 0 Å². The van der Waals surface area contributed by atoms with Crippen LogP contribution in [0.5, 0.6) is 0 Å². The molecule has 25 heavy (non-hydrogen) atoms. The Morgan fingerprint density at radius 3 is 2.72 bits per heavy atom. The van der Waals surface area contributed by atoms with Crippen LogP contribution in [0.2, 0.25) is 0 Å². The summed E-state index contributed by atoms with van der Waals surface area (Å²) >= 11 is 0. The molecule has 144 valence electrons. The zero-order chi connectivity index (χ0) is 18.1. The number of nitrogens with zero attached hydrogens (tertiary/aromatic N) is 2. The molecule has 1 unspecified atom stereocenters. The fourth-order valence-electron chi connectivity index (χ4n) is 4.63. The molecular weight excluding hydrogens is 342 g/mol. The van der Waals surface area contributed by atoms with Crippen LogP contribution in [0.3, 0.4) is 0 Å². The standard InChI is InChI=1S/C17H31N3O4S/c1-3-24-15-10-17(11-15)7-9-19(13-17)16(21)18-12-14-6-4-5-8-20(14)25(2,22)23/h14-15H,3-13H2,1-2H3,(H,18,21). The number of piperidine rings is 1. The second-order valence-corrected chi connectivity index (χ2v) is 9.80. The van der Waals surface area contributed by atoms with Crippen molar-refractivity contribution < 1.29 is 17.9 Å². The molecule has 1 spiro atoms. The van der Waals surface area contributed by atoms with Crippen molar-refractivity contribution in [2.24, 2.45) is 5.41 Å². The van der Waals surface area contributed by atoms with Gasteiger partial charge in [0.1, 0.15) is 0 Å². The third-order valence-electron chi connectivity index (χ3n) is 5.94. The lowest BCUT2D eigenvalue weighted by molar-refractivity contribution is -0.0704. The Morgan fingerprint density at radius 2 is 2.04 bits per heavy atom. The molecule has 1 saturated carbocycles. The van der Waals surface area contributed by atoms with Gasteiger partial charge < -0.3 is 15.0 Å². The number of sulfonamides is 1. The zero-order valence-corrected chi connectivity index (χ0v) is 16.2. The van der Waals surface area contributed by atoms with Crippen LogP contribution in [0.25, 0.3) is 0 Å². The quantitative estimate of drug-likeness (QED) is 0.790. The van der Waals surface area contributed by atoms with Crippen molar-refractivity contribution >= 4 is 16.1 Å². The van der Waals surface area contributed by atoms with Crippen LogP contribution in [-0.2, 0) is 14.8 Å². The topological polar surface area (TPSA) is 79.0 Å². The van der Waals surface area contributed by atoms with E-state index in [4.69, 9.17) is 4.74 Å². The summed E-state index contributed by atoms with van der Waals surface area (Å²) in [5, 5.41) is 2.97. The molecule has 2 heterocycles. The van der Waals surface area contributed by atoms with Gasteiger partial charge >= 0.3 is 6.03 Å². The van der Waals surface area contributed by atoms with E-state index in [1.54, 1.807) is 4.31 Å². The first kappa shape index (κ1) is 18.9. The average molecular weight is 374 g/mol. The summed E-state index contributed by atoms with van der Waals surface area (Å²) < 4.78 is 31.0. The fourth-order valence-corrected chi connectivity index (χ4v) is 5.82. The lowest BCUT2D eigenvalue weighted by Crippen LogP contribution is -2.51. The number of rotatable bonds is 5. The van der Waals surface area contributed by atoms with Crippen molar-refractivity contribution in [3.63, 3.8) is 0 Å². The van der Waals surface area contributed by atoms with Crippen molar-refractivity contribution in [3.05, 3.63) is 0 Å². The van der Waals surface area contributed by atoms with E-state index in [-0.39, 0.29) is 17.5 Å². The summed E-state index contributed by atoms with van der Waals surface area (Å²) in [4.78, 5) is 14.4. The van der Waals surface area contributed by atoms with Crippen molar-refractivity contribution in [1.82, 2.24) is 14.5 Å². The van der Waals surface area contributed by atoms with Gasteiger partial charge in [0.15, 0.2) is 0 Å². The Bertz CT molecular complexity index is 589. The number of hydrogen-bond donors (Lipinski definition) is 1. The Labute approximate surface area is 151 Å². The second kappa shape index (κ2) is 7.40. The first-order chi connectivity index (χ1) is 11.8. The molecule has 0 aromatic rings. The Balaban J connectivity index is 1.47. The second-order valence-electron chi connectivity index (χ2n) is 7.87. The van der Waals surface area contributed by atoms with Gasteiger partial charge in [-0.2, -0.15) is 4.31 Å². The fraction of sp³-hybridized carbons (Fsp3) is 0.941. The van der Waals surface area contributed by atoms with Crippen LogP contribution >= 0.6 is 0 Å². The van der Waals surface area contributed by atoms with Crippen LogP contribution in [0, 0.1) is 5.41 Å². The normalized spacial score (nSPS) is 33.4. The van der Waals surface area contributed by atoms with E-state index in [2.05, 4.69) is 5.32 Å². The van der Waals surface area contributed by atoms with E-state index in [0.717, 1.165) is 58.2 Å². The number of amides is 2. The molecule has 2 amide bonds. The summed E-state index contributed by atoms with van der Waals surface area (Å²) in [6.45, 7) is 5.31. The minimum absolute atomic E-state index is 0.0595. The molecule has 0 aromatic heterocycles. The maximum atomic E-state index is 12.5. The van der Waals surface area contributed by atoms with E-state index in [1.807, 2.05) is 11.8 Å². The van der Waals surface area contributed by atoms with Gasteiger partial charge in [-0.05, 0) is 44.4 Å². The van der Waals surface area contributed by atoms with Crippen LogP contribution in [0.15, 0.2) is 0 Å². The Kier molecular flexibility index (Phi) is 5.60. The van der Waals surface area contributed by atoms with Crippen molar-refractivity contribution in [3.8, 4) is 0 Å². The first-order valence-corrected chi connectivity index (χ1v) is 11.3. The molecule has 0 radical (unpaired) electrons. The molecule has 0 bridgehead atoms. The van der Waals surface area contributed by atoms with Gasteiger partial charge in [0.25, 0.3) is 0 Å². The monoisotopic (exact) mass is 373 g/mol. The predicted molar refractivity (Wildman–Crippen MR) is 95.9 cm³/mol. The summed E-state index contributed by atoms with van der Waals surface area (Å²) in [6, 6.07) is -0.175. The minimum Gasteiger partial charge on any atom is -0.378 e. The van der Waals surface area contributed by atoms with Gasteiger partial charge in [-0.1, -0.05) is 6.42 Å². The largest absolute Gasteiger partial charge is 0.378 e. The van der Waals surface area contributed by atoms with Gasteiger partial charge in [-0.3, -0.25) is 0 Å². The lowest BCUT2D eigenvalue weighted by atomic mass is 9.66. The molecule has 0 aromatic carbocycles. The zero-order valence-electron chi connectivity index (χ0n) is 15.4. The number of carbonyl (C=O) groups is 1. The molecule has 1 aliphatic carbocycles. The average Bonchev–Trinajstić information content (AvgIpc) is 2.97. The Morgan fingerprint density at radius 1 is 1.28 bits per heavy atom. The van der Waals surface area contributed by atoms with Crippen LogP contribution in [0.4, 0.5) is 4.79 Å². The molecule has 3 aliphatic rings. The summed E-state index contributed by atoms with van der Waals surface area (Å²) in [7, 11) is -3.21. The van der Waals surface area contributed by atoms with Gasteiger partial charge in [0, 0.05) is 38.8 Å². The van der Waals surface area contributed by atoms with Gasteiger partial charge in [-0.25, -0.2) is 13.2 Å². The van der Waals surface area contributed by atoms with E-state index in [1.165, 1.54) is 6.26 Å². The Hall–Kier alpha value is -0.860. The van der Waals surface area contributed by atoms with E-state index < -0.39 is 10.0 Å². The molecule has 2 aliphatic heterocycles. The summed E-state index contributed by atoms with van der Waals surface area (Å²) in [5.41, 5.74) is 0.251. The van der Waals surface area contributed by atoms with Crippen LogP contribution < -0.4 is 5.32 Å². The van der Waals surface area contributed by atoms with Crippen LogP contribution in [0.1, 0.15) is 45.4 Å². The number of nitrogens with one attached hydrogen (secondary N) is 1. The summed E-state index contributed by atoms with van der Waals surface area (Å²) in [6.07, 6.45) is 7.48. The lowest BCUT2D eigenvalue weighted by Gasteiger charge is -2.44. The number of urea groups is 1. The third-order valence-corrected chi connectivity index (χ3v) is 7.27. The first-order valence-electron chi connectivity index (χ1n) is 9.44. The van der Waals surface area contributed by atoms with Crippen molar-refractivity contribution in [2.45, 2.75) is 57.6 Å². The third kappa shape index (κ3) is 4.28. The number of ether oxygens (including phenoxy) is 1. The smallest absolute Gasteiger partial charge is 0.317 e. The number of likely N-dealkylation sites (tertiary alicyclic amines) is 1. The number of hydrogen-bond acceptors (Lipinski definition) is 4. The van der Waals surface area contributed by atoms with Crippen molar-refractivity contribution in [1.29, 1.82) is 0 Å². The van der Waals surface area contributed by atoms with Gasteiger partial charge in [0.2, 0.25) is 10.0 Å². The SMILES string of the molecule is CCOC1CC2(CCN(C(=O)NCC3CCCCN3S(C)(=O)=O)C2)C1. The van der Waals surface area contributed by atoms with Gasteiger partial charge in [0.05, 0.1) is 12.4 Å². The predicted octanol–water partition coefficient (Wildman–Crippen LogP) is 1.40. The molecule has 7 nitrogen and oxygen atoms in total. The minimum atomic E-state index is -3.21. The van der Waals surface area contributed by atoms with E-state index in [0.29, 0.717) is 19.2 Å². The van der Waals surface area contributed by atoms with E-state index in [9.17, 15) is 13.2 Å². The molecular formula is C17H31N3O4S. The molecule has 3 rings (SSSR count). The highest BCUT2D eigenvalue weighted by atomic mass is 32.2.